The van der Waals surface area contributed by atoms with Gasteiger partial charge in [0.25, 0.3) is 0 Å². The van der Waals surface area contributed by atoms with Gasteiger partial charge in [-0.1, -0.05) is 20.3 Å². The number of carboxylic acids is 2. The Balaban J connectivity index is 2.65. The third kappa shape index (κ3) is 7.14. The third-order valence-corrected chi connectivity index (χ3v) is 4.47. The summed E-state index contributed by atoms with van der Waals surface area (Å²) in [6, 6.07) is 0. The molecule has 132 valence electrons. The Kier molecular flexibility index (Phi) is 8.87. The molecule has 6 heteroatoms. The number of hydrogen-bond donors (Lipinski definition) is 2. The van der Waals surface area contributed by atoms with E-state index in [1.165, 1.54) is 0 Å². The lowest BCUT2D eigenvalue weighted by molar-refractivity contribution is -0.136. The monoisotopic (exact) mass is 327 g/mol. The minimum Gasteiger partial charge on any atom is -0.478 e. The van der Waals surface area contributed by atoms with Crippen LogP contribution in [0.3, 0.4) is 0 Å². The van der Waals surface area contributed by atoms with Crippen molar-refractivity contribution in [3.63, 3.8) is 0 Å². The minimum atomic E-state index is -1.10. The predicted molar refractivity (Wildman–Crippen MR) is 87.5 cm³/mol. The fourth-order valence-electron chi connectivity index (χ4n) is 2.67. The molecule has 0 aromatic rings. The fourth-order valence-corrected chi connectivity index (χ4v) is 2.67. The van der Waals surface area contributed by atoms with Crippen LogP contribution < -0.4 is 0 Å². The zero-order chi connectivity index (χ0) is 17.2. The van der Waals surface area contributed by atoms with Crippen molar-refractivity contribution >= 4 is 11.9 Å². The Bertz CT molecular complexity index is 427. The molecule has 1 rings (SSSR count). The van der Waals surface area contributed by atoms with E-state index in [0.717, 1.165) is 26.1 Å². The number of ether oxygens (including phenoxy) is 1. The van der Waals surface area contributed by atoms with Crippen molar-refractivity contribution in [3.8, 4) is 0 Å². The van der Waals surface area contributed by atoms with E-state index in [0.29, 0.717) is 44.8 Å². The number of aliphatic carboxylic acids is 2. The molecule has 1 aliphatic rings. The molecule has 0 amide bonds. The molecule has 23 heavy (non-hydrogen) atoms. The summed E-state index contributed by atoms with van der Waals surface area (Å²) in [5.74, 6) is -1.81. The van der Waals surface area contributed by atoms with Gasteiger partial charge >= 0.3 is 11.9 Å². The van der Waals surface area contributed by atoms with Crippen molar-refractivity contribution in [1.82, 2.24) is 4.90 Å². The molecule has 1 heterocycles. The van der Waals surface area contributed by atoms with Gasteiger partial charge < -0.3 is 14.9 Å². The Labute approximate surface area is 138 Å². The van der Waals surface area contributed by atoms with E-state index in [-0.39, 0.29) is 11.1 Å². The van der Waals surface area contributed by atoms with E-state index in [1.54, 1.807) is 0 Å². The summed E-state index contributed by atoms with van der Waals surface area (Å²) >= 11 is 0. The van der Waals surface area contributed by atoms with Crippen LogP contribution in [0, 0.1) is 5.92 Å². The molecule has 0 radical (unpaired) electrons. The lowest BCUT2D eigenvalue weighted by Crippen LogP contribution is -2.36. The number of morpholine rings is 1. The van der Waals surface area contributed by atoms with Crippen molar-refractivity contribution in [1.29, 1.82) is 0 Å². The Hall–Kier alpha value is -1.40. The second-order valence-electron chi connectivity index (χ2n) is 6.18. The van der Waals surface area contributed by atoms with Gasteiger partial charge in [-0.05, 0) is 38.1 Å². The number of hydrogen-bond acceptors (Lipinski definition) is 4. The highest BCUT2D eigenvalue weighted by Gasteiger charge is 2.21. The molecule has 1 fully saturated rings. The highest BCUT2D eigenvalue weighted by atomic mass is 16.5. The molecule has 0 aromatic heterocycles. The first-order valence-electron chi connectivity index (χ1n) is 8.44. The van der Waals surface area contributed by atoms with Crippen LogP contribution in [-0.2, 0) is 14.3 Å². The van der Waals surface area contributed by atoms with Crippen molar-refractivity contribution in [3.05, 3.63) is 11.1 Å². The molecule has 1 unspecified atom stereocenters. The van der Waals surface area contributed by atoms with E-state index in [4.69, 9.17) is 4.74 Å². The number of carboxylic acid groups (broad SMARTS) is 2. The minimum absolute atomic E-state index is 0.0639. The van der Waals surface area contributed by atoms with Crippen molar-refractivity contribution in [2.24, 2.45) is 5.92 Å². The van der Waals surface area contributed by atoms with Gasteiger partial charge in [0.1, 0.15) is 0 Å². The lowest BCUT2D eigenvalue weighted by Gasteiger charge is -2.26. The van der Waals surface area contributed by atoms with E-state index in [1.807, 2.05) is 0 Å². The maximum atomic E-state index is 11.5. The topological polar surface area (TPSA) is 87.1 Å². The molecular weight excluding hydrogens is 298 g/mol. The van der Waals surface area contributed by atoms with Crippen LogP contribution in [0.1, 0.15) is 46.0 Å². The summed E-state index contributed by atoms with van der Waals surface area (Å²) in [4.78, 5) is 25.2. The van der Waals surface area contributed by atoms with Gasteiger partial charge in [-0.2, -0.15) is 0 Å². The summed E-state index contributed by atoms with van der Waals surface area (Å²) < 4.78 is 5.28. The van der Waals surface area contributed by atoms with Crippen molar-refractivity contribution in [2.45, 2.75) is 46.0 Å². The zero-order valence-corrected chi connectivity index (χ0v) is 14.2. The van der Waals surface area contributed by atoms with Gasteiger partial charge in [0.05, 0.1) is 13.2 Å². The fraction of sp³-hybridized carbons (Fsp3) is 0.765. The van der Waals surface area contributed by atoms with Crippen LogP contribution >= 0.6 is 0 Å². The number of carbonyl (C=O) groups is 2. The van der Waals surface area contributed by atoms with Crippen LogP contribution in [0.5, 0.6) is 0 Å². The van der Waals surface area contributed by atoms with E-state index < -0.39 is 11.9 Å². The van der Waals surface area contributed by atoms with E-state index in [2.05, 4.69) is 18.7 Å². The normalized spacial score (nSPS) is 18.3. The van der Waals surface area contributed by atoms with E-state index in [9.17, 15) is 19.8 Å². The summed E-state index contributed by atoms with van der Waals surface area (Å²) in [5, 5.41) is 18.8. The largest absolute Gasteiger partial charge is 0.478 e. The Morgan fingerprint density at radius 3 is 2.17 bits per heavy atom. The van der Waals surface area contributed by atoms with Crippen LogP contribution in [0.4, 0.5) is 0 Å². The predicted octanol–water partition coefficient (Wildman–Crippen LogP) is 2.39. The van der Waals surface area contributed by atoms with Crippen molar-refractivity contribution in [2.75, 3.05) is 32.8 Å². The van der Waals surface area contributed by atoms with Crippen LogP contribution in [0.2, 0.25) is 0 Å². The Morgan fingerprint density at radius 1 is 1.09 bits per heavy atom. The zero-order valence-electron chi connectivity index (χ0n) is 14.2. The quantitative estimate of drug-likeness (QED) is 0.599. The van der Waals surface area contributed by atoms with Gasteiger partial charge in [0, 0.05) is 24.2 Å². The molecule has 2 N–H and O–H groups in total. The average molecular weight is 327 g/mol. The van der Waals surface area contributed by atoms with Crippen LogP contribution in [0.25, 0.3) is 0 Å². The average Bonchev–Trinajstić information content (AvgIpc) is 2.53. The maximum absolute atomic E-state index is 11.5. The highest BCUT2D eigenvalue weighted by Crippen LogP contribution is 2.21. The van der Waals surface area contributed by atoms with Gasteiger partial charge in [-0.25, -0.2) is 9.59 Å². The smallest absolute Gasteiger partial charge is 0.332 e. The molecule has 0 bridgehead atoms. The van der Waals surface area contributed by atoms with Gasteiger partial charge in [-0.15, -0.1) is 0 Å². The first-order valence-corrected chi connectivity index (χ1v) is 8.44. The summed E-state index contributed by atoms with van der Waals surface area (Å²) in [6.07, 6.45) is 2.95. The molecule has 0 saturated carbocycles. The molecule has 0 aliphatic carbocycles. The van der Waals surface area contributed by atoms with Crippen molar-refractivity contribution < 1.29 is 24.5 Å². The molecular formula is C17H29NO5. The molecule has 0 aromatic carbocycles. The van der Waals surface area contributed by atoms with E-state index >= 15 is 0 Å². The number of nitrogens with zero attached hydrogens (tertiary/aromatic N) is 1. The number of rotatable bonds is 10. The first kappa shape index (κ1) is 19.6. The van der Waals surface area contributed by atoms with Gasteiger partial charge in [0.15, 0.2) is 0 Å². The summed E-state index contributed by atoms with van der Waals surface area (Å²) in [7, 11) is 0. The molecule has 1 atom stereocenters. The second kappa shape index (κ2) is 10.4. The van der Waals surface area contributed by atoms with Crippen LogP contribution in [-0.4, -0.2) is 59.9 Å². The molecule has 6 nitrogen and oxygen atoms in total. The molecule has 0 spiro atoms. The Morgan fingerprint density at radius 2 is 1.65 bits per heavy atom. The van der Waals surface area contributed by atoms with Gasteiger partial charge in [0.2, 0.25) is 0 Å². The second-order valence-corrected chi connectivity index (χ2v) is 6.18. The van der Waals surface area contributed by atoms with Crippen LogP contribution in [0.15, 0.2) is 11.1 Å². The third-order valence-electron chi connectivity index (χ3n) is 4.47. The molecule has 1 saturated heterocycles. The SMILES string of the molecule is CCC(C)CC/C(C(=O)O)=C(/CCCN1CCOCC1)C(=O)O. The molecule has 1 aliphatic heterocycles. The standard InChI is InChI=1S/C17H29NO5/c1-3-13(2)6-7-15(17(21)22)14(16(19)20)5-4-8-18-9-11-23-12-10-18/h13H,3-12H2,1-2H3,(H,19,20)(H,21,22)/b15-14+. The lowest BCUT2D eigenvalue weighted by atomic mass is 9.94. The highest BCUT2D eigenvalue weighted by molar-refractivity contribution is 5.98. The van der Waals surface area contributed by atoms with Gasteiger partial charge in [-0.3, -0.25) is 4.90 Å². The first-order chi connectivity index (χ1) is 11.0. The maximum Gasteiger partial charge on any atom is 0.332 e. The summed E-state index contributed by atoms with van der Waals surface area (Å²) in [6.45, 7) is 8.00. The summed E-state index contributed by atoms with van der Waals surface area (Å²) in [5.41, 5.74) is 0.133.